The van der Waals surface area contributed by atoms with Gasteiger partial charge in [0.2, 0.25) is 5.72 Å². The van der Waals surface area contributed by atoms with Gasteiger partial charge in [0.1, 0.15) is 17.2 Å². The molecule has 3 aliphatic rings. The van der Waals surface area contributed by atoms with Gasteiger partial charge in [-0.1, -0.05) is 18.2 Å². The van der Waals surface area contributed by atoms with E-state index in [1.165, 1.54) is 0 Å². The van der Waals surface area contributed by atoms with E-state index < -0.39 is 5.72 Å². The molecule has 0 bridgehead atoms. The Balaban J connectivity index is 1.64. The fourth-order valence-corrected chi connectivity index (χ4v) is 4.52. The lowest BCUT2D eigenvalue weighted by atomic mass is 9.79. The van der Waals surface area contributed by atoms with Crippen LogP contribution < -0.4 is 4.74 Å². The third kappa shape index (κ3) is 2.98. The Bertz CT molecular complexity index is 1040. The van der Waals surface area contributed by atoms with Crippen molar-refractivity contribution in [1.29, 1.82) is 5.26 Å². The second-order valence-corrected chi connectivity index (χ2v) is 8.01. The molecule has 1 fully saturated rings. The van der Waals surface area contributed by atoms with Crippen LogP contribution in [0.1, 0.15) is 37.3 Å². The second kappa shape index (κ2) is 6.58. The van der Waals surface area contributed by atoms with Crippen LogP contribution in [0.2, 0.25) is 0 Å². The Morgan fingerprint density at radius 3 is 2.62 bits per heavy atom. The molecule has 3 heterocycles. The zero-order chi connectivity index (χ0) is 20.1. The predicted molar refractivity (Wildman–Crippen MR) is 108 cm³/mol. The van der Waals surface area contributed by atoms with Gasteiger partial charge in [-0.3, -0.25) is 0 Å². The third-order valence-corrected chi connectivity index (χ3v) is 6.10. The molecule has 148 valence electrons. The highest BCUT2D eigenvalue weighted by atomic mass is 16.7. The smallest absolute Gasteiger partial charge is 0.220 e. The maximum Gasteiger partial charge on any atom is 0.220 e. The molecule has 6 nitrogen and oxygen atoms in total. The first-order valence-corrected chi connectivity index (χ1v) is 9.94. The zero-order valence-electron chi connectivity index (χ0n) is 16.6. The average Bonchev–Trinajstić information content (AvgIpc) is 3.01. The van der Waals surface area contributed by atoms with Gasteiger partial charge >= 0.3 is 0 Å². The summed E-state index contributed by atoms with van der Waals surface area (Å²) in [5.74, 6) is 1.65. The lowest BCUT2D eigenvalue weighted by molar-refractivity contribution is -0.212. The molecule has 0 aliphatic carbocycles. The summed E-state index contributed by atoms with van der Waals surface area (Å²) in [5.41, 5.74) is 2.43. The van der Waals surface area contributed by atoms with Crippen LogP contribution in [-0.4, -0.2) is 36.8 Å². The molecule has 2 spiro atoms. The topological polar surface area (TPSA) is 67.1 Å². The molecule has 0 N–H and O–H groups in total. The summed E-state index contributed by atoms with van der Waals surface area (Å²) in [7, 11) is 1.89. The van der Waals surface area contributed by atoms with E-state index in [0.29, 0.717) is 25.2 Å². The summed E-state index contributed by atoms with van der Waals surface area (Å²) in [5, 5.41) is 11.0. The molecule has 1 atom stereocenters. The number of fused-ring (bicyclic) bond motifs is 2. The van der Waals surface area contributed by atoms with Gasteiger partial charge in [-0.25, -0.2) is 14.9 Å². The molecular formula is C23H23N3O3. The SMILES string of the molecule is CC1=NC2(CC3(CCOCC3)Oc3ccc(-c4cccc(C#N)c4)cc32)ON1C. The Labute approximate surface area is 170 Å². The van der Waals surface area contributed by atoms with Crippen LogP contribution in [0.5, 0.6) is 5.75 Å². The normalized spacial score (nSPS) is 24.7. The van der Waals surface area contributed by atoms with E-state index in [1.54, 1.807) is 5.06 Å². The molecular weight excluding hydrogens is 366 g/mol. The van der Waals surface area contributed by atoms with Crippen molar-refractivity contribution in [2.45, 2.75) is 37.5 Å². The van der Waals surface area contributed by atoms with Crippen LogP contribution in [0.4, 0.5) is 0 Å². The predicted octanol–water partition coefficient (Wildman–Crippen LogP) is 4.01. The quantitative estimate of drug-likeness (QED) is 0.737. The van der Waals surface area contributed by atoms with Crippen LogP contribution in [0.25, 0.3) is 11.1 Å². The van der Waals surface area contributed by atoms with E-state index in [2.05, 4.69) is 12.1 Å². The maximum atomic E-state index is 9.24. The average molecular weight is 389 g/mol. The maximum absolute atomic E-state index is 9.24. The van der Waals surface area contributed by atoms with E-state index in [4.69, 9.17) is 19.3 Å². The summed E-state index contributed by atoms with van der Waals surface area (Å²) in [6, 6.07) is 16.0. The van der Waals surface area contributed by atoms with Gasteiger partial charge in [0.05, 0.1) is 30.4 Å². The van der Waals surface area contributed by atoms with Crippen LogP contribution in [-0.2, 0) is 15.3 Å². The molecule has 0 radical (unpaired) electrons. The van der Waals surface area contributed by atoms with Crippen LogP contribution in [0, 0.1) is 11.3 Å². The van der Waals surface area contributed by atoms with Crippen molar-refractivity contribution in [3.8, 4) is 22.9 Å². The Hall–Kier alpha value is -2.88. The van der Waals surface area contributed by atoms with E-state index >= 15 is 0 Å². The largest absolute Gasteiger partial charge is 0.486 e. The van der Waals surface area contributed by atoms with Crippen molar-refractivity contribution in [2.24, 2.45) is 4.99 Å². The van der Waals surface area contributed by atoms with Crippen molar-refractivity contribution < 1.29 is 14.3 Å². The summed E-state index contributed by atoms with van der Waals surface area (Å²) in [6.45, 7) is 3.33. The highest BCUT2D eigenvalue weighted by Crippen LogP contribution is 2.52. The van der Waals surface area contributed by atoms with Crippen molar-refractivity contribution in [2.75, 3.05) is 20.3 Å². The molecule has 29 heavy (non-hydrogen) atoms. The van der Waals surface area contributed by atoms with Gasteiger partial charge in [-0.15, -0.1) is 0 Å². The Morgan fingerprint density at radius 2 is 1.90 bits per heavy atom. The van der Waals surface area contributed by atoms with Gasteiger partial charge in [-0.05, 0) is 42.3 Å². The lowest BCUT2D eigenvalue weighted by Gasteiger charge is -2.46. The summed E-state index contributed by atoms with van der Waals surface area (Å²) in [6.07, 6.45) is 2.29. The van der Waals surface area contributed by atoms with Gasteiger partial charge in [0.15, 0.2) is 0 Å². The third-order valence-electron chi connectivity index (χ3n) is 6.10. The molecule has 0 amide bonds. The standard InChI is InChI=1S/C23H23N3O3/c1-16-25-23(29-26(16)2)15-22(8-10-27-11-9-22)28-21-7-6-19(13-20(21)23)18-5-3-4-17(12-18)14-24/h3-7,12-13H,8-11,15H2,1-2H3. The van der Waals surface area contributed by atoms with E-state index in [0.717, 1.165) is 41.1 Å². The number of ether oxygens (including phenoxy) is 2. The number of hydroxylamine groups is 2. The van der Waals surface area contributed by atoms with Crippen molar-refractivity contribution in [1.82, 2.24) is 5.06 Å². The molecule has 6 heteroatoms. The molecule has 1 saturated heterocycles. The monoisotopic (exact) mass is 389 g/mol. The fourth-order valence-electron chi connectivity index (χ4n) is 4.52. The molecule has 5 rings (SSSR count). The molecule has 0 saturated carbocycles. The number of nitriles is 1. The van der Waals surface area contributed by atoms with Gasteiger partial charge < -0.3 is 9.47 Å². The molecule has 1 unspecified atom stereocenters. The number of aliphatic imine (C=N–C) groups is 1. The number of nitrogens with zero attached hydrogens (tertiary/aromatic N) is 3. The highest BCUT2D eigenvalue weighted by Gasteiger charge is 2.54. The van der Waals surface area contributed by atoms with E-state index in [1.807, 2.05) is 50.4 Å². The number of amidine groups is 1. The summed E-state index contributed by atoms with van der Waals surface area (Å²) in [4.78, 5) is 11.3. The van der Waals surface area contributed by atoms with Crippen LogP contribution in [0.15, 0.2) is 47.5 Å². The first-order chi connectivity index (χ1) is 14.0. The van der Waals surface area contributed by atoms with Crippen molar-refractivity contribution in [3.63, 3.8) is 0 Å². The molecule has 2 aromatic rings. The molecule has 2 aromatic carbocycles. The van der Waals surface area contributed by atoms with Gasteiger partial charge in [-0.2, -0.15) is 5.26 Å². The lowest BCUT2D eigenvalue weighted by Crippen LogP contribution is -2.51. The summed E-state index contributed by atoms with van der Waals surface area (Å²) < 4.78 is 12.1. The fraction of sp³-hybridized carbons (Fsp3) is 0.391. The van der Waals surface area contributed by atoms with Crippen molar-refractivity contribution in [3.05, 3.63) is 53.6 Å². The minimum Gasteiger partial charge on any atom is -0.486 e. The number of hydrogen-bond donors (Lipinski definition) is 0. The molecule has 0 aromatic heterocycles. The van der Waals surface area contributed by atoms with Crippen LogP contribution >= 0.6 is 0 Å². The zero-order valence-corrected chi connectivity index (χ0v) is 16.6. The van der Waals surface area contributed by atoms with Gasteiger partial charge in [0.25, 0.3) is 0 Å². The molecule has 3 aliphatic heterocycles. The highest BCUT2D eigenvalue weighted by molar-refractivity contribution is 5.80. The van der Waals surface area contributed by atoms with E-state index in [-0.39, 0.29) is 5.60 Å². The van der Waals surface area contributed by atoms with Gasteiger partial charge in [0, 0.05) is 26.3 Å². The Morgan fingerprint density at radius 1 is 1.10 bits per heavy atom. The number of hydrogen-bond acceptors (Lipinski definition) is 6. The van der Waals surface area contributed by atoms with E-state index in [9.17, 15) is 5.26 Å². The van der Waals surface area contributed by atoms with Crippen LogP contribution in [0.3, 0.4) is 0 Å². The Kier molecular flexibility index (Phi) is 4.12. The number of benzene rings is 2. The minimum atomic E-state index is -0.799. The second-order valence-electron chi connectivity index (χ2n) is 8.01. The van der Waals surface area contributed by atoms with Crippen molar-refractivity contribution >= 4 is 5.84 Å². The first-order valence-electron chi connectivity index (χ1n) is 9.94. The minimum absolute atomic E-state index is 0.331. The first kappa shape index (κ1) is 18.2. The summed E-state index contributed by atoms with van der Waals surface area (Å²) >= 11 is 0. The number of rotatable bonds is 1.